The van der Waals surface area contributed by atoms with E-state index < -0.39 is 46.1 Å². The number of hydrogen-bond acceptors (Lipinski definition) is 3. The third kappa shape index (κ3) is 3.09. The van der Waals surface area contributed by atoms with Crippen LogP contribution in [0.4, 0.5) is 17.6 Å². The van der Waals surface area contributed by atoms with Crippen molar-refractivity contribution in [2.24, 2.45) is 0 Å². The highest BCUT2D eigenvalue weighted by molar-refractivity contribution is 9.10. The molecule has 2 aromatic rings. The zero-order chi connectivity index (χ0) is 16.4. The Morgan fingerprint density at radius 1 is 1.00 bits per heavy atom. The van der Waals surface area contributed by atoms with Crippen molar-refractivity contribution in [1.29, 1.82) is 5.26 Å². The van der Waals surface area contributed by atoms with Crippen LogP contribution in [0.15, 0.2) is 28.7 Å². The monoisotopic (exact) mass is 373 g/mol. The van der Waals surface area contributed by atoms with Crippen molar-refractivity contribution in [3.05, 3.63) is 63.1 Å². The zero-order valence-electron chi connectivity index (χ0n) is 10.5. The number of nitrogens with zero attached hydrogens (tertiary/aromatic N) is 1. The van der Waals surface area contributed by atoms with Gasteiger partial charge < -0.3 is 4.74 Å². The van der Waals surface area contributed by atoms with Gasteiger partial charge in [-0.25, -0.2) is 22.4 Å². The standard InChI is InChI=1S/C14H4BrF4NO2/c15-6-1-11(18)13(12(19)2-6)14(21)22-7-3-9(16)8(5-20)10(17)4-7/h1-4H. The number of esters is 1. The fourth-order valence-corrected chi connectivity index (χ4v) is 2.01. The number of carbonyl (C=O) groups is 1. The van der Waals surface area contributed by atoms with E-state index in [-0.39, 0.29) is 4.47 Å². The maximum atomic E-state index is 13.6. The molecule has 0 saturated carbocycles. The first kappa shape index (κ1) is 16.0. The fraction of sp³-hybridized carbons (Fsp3) is 0. The van der Waals surface area contributed by atoms with Crippen LogP contribution in [-0.4, -0.2) is 5.97 Å². The SMILES string of the molecule is N#Cc1c(F)cc(OC(=O)c2c(F)cc(Br)cc2F)cc1F. The van der Waals surface area contributed by atoms with Crippen molar-refractivity contribution in [2.45, 2.75) is 0 Å². The van der Waals surface area contributed by atoms with Crippen LogP contribution in [0.3, 0.4) is 0 Å². The Kier molecular flexibility index (Phi) is 4.47. The third-order valence-electron chi connectivity index (χ3n) is 2.55. The fourth-order valence-electron chi connectivity index (χ4n) is 1.61. The molecule has 0 saturated heterocycles. The zero-order valence-corrected chi connectivity index (χ0v) is 12.0. The van der Waals surface area contributed by atoms with Crippen LogP contribution in [0.2, 0.25) is 0 Å². The highest BCUT2D eigenvalue weighted by Gasteiger charge is 2.22. The first-order chi connectivity index (χ1) is 10.3. The van der Waals surface area contributed by atoms with Crippen LogP contribution in [-0.2, 0) is 0 Å². The molecule has 0 N–H and O–H groups in total. The predicted molar refractivity (Wildman–Crippen MR) is 70.1 cm³/mol. The van der Waals surface area contributed by atoms with Gasteiger partial charge in [0.1, 0.15) is 46.2 Å². The molecule has 0 amide bonds. The Morgan fingerprint density at radius 2 is 1.50 bits per heavy atom. The topological polar surface area (TPSA) is 50.1 Å². The van der Waals surface area contributed by atoms with Crippen LogP contribution >= 0.6 is 15.9 Å². The molecule has 8 heteroatoms. The molecule has 0 heterocycles. The van der Waals surface area contributed by atoms with Gasteiger partial charge in [0.15, 0.2) is 0 Å². The number of carbonyl (C=O) groups excluding carboxylic acids is 1. The van der Waals surface area contributed by atoms with Crippen molar-refractivity contribution >= 4 is 21.9 Å². The van der Waals surface area contributed by atoms with Crippen LogP contribution in [0, 0.1) is 34.6 Å². The normalized spacial score (nSPS) is 10.2. The van der Waals surface area contributed by atoms with E-state index in [0.717, 1.165) is 12.1 Å². The Morgan fingerprint density at radius 3 is 1.95 bits per heavy atom. The van der Waals surface area contributed by atoms with Crippen molar-refractivity contribution in [3.8, 4) is 11.8 Å². The number of benzene rings is 2. The van der Waals surface area contributed by atoms with Gasteiger partial charge in [-0.2, -0.15) is 5.26 Å². The van der Waals surface area contributed by atoms with Gasteiger partial charge in [0.05, 0.1) is 0 Å². The van der Waals surface area contributed by atoms with Gasteiger partial charge in [-0.15, -0.1) is 0 Å². The number of ether oxygens (including phenoxy) is 1. The lowest BCUT2D eigenvalue weighted by molar-refractivity contribution is 0.0723. The minimum Gasteiger partial charge on any atom is -0.423 e. The van der Waals surface area contributed by atoms with Crippen molar-refractivity contribution < 1.29 is 27.1 Å². The summed E-state index contributed by atoms with van der Waals surface area (Å²) in [5, 5.41) is 8.51. The molecule has 0 bridgehead atoms. The molecule has 0 fully saturated rings. The molecule has 22 heavy (non-hydrogen) atoms. The first-order valence-corrected chi connectivity index (χ1v) is 6.38. The minimum absolute atomic E-state index is 0.0644. The summed E-state index contributed by atoms with van der Waals surface area (Å²) in [6.07, 6.45) is 0. The molecular formula is C14H4BrF4NO2. The second-order valence-corrected chi connectivity index (χ2v) is 4.92. The van der Waals surface area contributed by atoms with Gasteiger partial charge >= 0.3 is 5.97 Å². The van der Waals surface area contributed by atoms with E-state index in [9.17, 15) is 22.4 Å². The molecule has 0 spiro atoms. The molecule has 0 atom stereocenters. The van der Waals surface area contributed by atoms with Gasteiger partial charge in [0, 0.05) is 16.6 Å². The molecule has 3 nitrogen and oxygen atoms in total. The van der Waals surface area contributed by atoms with Gasteiger partial charge in [0.25, 0.3) is 0 Å². The second-order valence-electron chi connectivity index (χ2n) is 4.01. The molecule has 112 valence electrons. The lowest BCUT2D eigenvalue weighted by Gasteiger charge is -2.07. The van der Waals surface area contributed by atoms with E-state index >= 15 is 0 Å². The van der Waals surface area contributed by atoms with E-state index in [1.807, 2.05) is 0 Å². The molecule has 2 rings (SSSR count). The quantitative estimate of drug-likeness (QED) is 0.452. The molecule has 0 aromatic heterocycles. The summed E-state index contributed by atoms with van der Waals surface area (Å²) < 4.78 is 58.5. The highest BCUT2D eigenvalue weighted by atomic mass is 79.9. The molecule has 0 aliphatic carbocycles. The number of halogens is 5. The summed E-state index contributed by atoms with van der Waals surface area (Å²) in [4.78, 5) is 11.7. The highest BCUT2D eigenvalue weighted by Crippen LogP contribution is 2.24. The summed E-state index contributed by atoms with van der Waals surface area (Å²) >= 11 is 2.84. The predicted octanol–water partition coefficient (Wildman–Crippen LogP) is 4.10. The molecule has 0 aliphatic heterocycles. The van der Waals surface area contributed by atoms with E-state index in [4.69, 9.17) is 5.26 Å². The maximum absolute atomic E-state index is 13.6. The number of hydrogen-bond donors (Lipinski definition) is 0. The smallest absolute Gasteiger partial charge is 0.349 e. The minimum atomic E-state index is -1.47. The molecule has 0 unspecified atom stereocenters. The third-order valence-corrected chi connectivity index (χ3v) is 3.01. The van der Waals surface area contributed by atoms with Crippen molar-refractivity contribution in [1.82, 2.24) is 0 Å². The van der Waals surface area contributed by atoms with Crippen LogP contribution in [0.5, 0.6) is 5.75 Å². The first-order valence-electron chi connectivity index (χ1n) is 5.59. The van der Waals surface area contributed by atoms with Crippen molar-refractivity contribution in [3.63, 3.8) is 0 Å². The summed E-state index contributed by atoms with van der Waals surface area (Å²) in [6.45, 7) is 0. The van der Waals surface area contributed by atoms with Gasteiger partial charge in [-0.05, 0) is 12.1 Å². The largest absolute Gasteiger partial charge is 0.423 e. The Hall–Kier alpha value is -2.40. The van der Waals surface area contributed by atoms with Gasteiger partial charge in [-0.3, -0.25) is 0 Å². The average molecular weight is 374 g/mol. The summed E-state index contributed by atoms with van der Waals surface area (Å²) in [7, 11) is 0. The Bertz CT molecular complexity index is 771. The lowest BCUT2D eigenvalue weighted by Crippen LogP contribution is -2.13. The molecular weight excluding hydrogens is 370 g/mol. The lowest BCUT2D eigenvalue weighted by atomic mass is 10.2. The van der Waals surface area contributed by atoms with E-state index in [0.29, 0.717) is 12.1 Å². The molecule has 0 aliphatic rings. The number of nitriles is 1. The van der Waals surface area contributed by atoms with Crippen LogP contribution in [0.1, 0.15) is 15.9 Å². The maximum Gasteiger partial charge on any atom is 0.349 e. The van der Waals surface area contributed by atoms with E-state index in [2.05, 4.69) is 20.7 Å². The van der Waals surface area contributed by atoms with Crippen LogP contribution < -0.4 is 4.74 Å². The molecule has 2 aromatic carbocycles. The average Bonchev–Trinajstić information content (AvgIpc) is 2.36. The van der Waals surface area contributed by atoms with Gasteiger partial charge in [0.2, 0.25) is 0 Å². The van der Waals surface area contributed by atoms with Crippen molar-refractivity contribution in [2.75, 3.05) is 0 Å². The summed E-state index contributed by atoms with van der Waals surface area (Å²) in [5.74, 6) is -7.02. The van der Waals surface area contributed by atoms with Crippen LogP contribution in [0.25, 0.3) is 0 Å². The second kappa shape index (κ2) is 6.15. The Balaban J connectivity index is 2.37. The summed E-state index contributed by atoms with van der Waals surface area (Å²) in [6, 6.07) is 4.08. The Labute approximate surface area is 129 Å². The van der Waals surface area contributed by atoms with Gasteiger partial charge in [-0.1, -0.05) is 15.9 Å². The summed E-state index contributed by atoms with van der Waals surface area (Å²) in [5.41, 5.74) is -1.87. The van der Waals surface area contributed by atoms with E-state index in [1.165, 1.54) is 6.07 Å². The number of rotatable bonds is 2. The molecule has 0 radical (unpaired) electrons. The van der Waals surface area contributed by atoms with E-state index in [1.54, 1.807) is 0 Å².